The Bertz CT molecular complexity index is 946. The predicted molar refractivity (Wildman–Crippen MR) is 97.7 cm³/mol. The number of nitrogens with one attached hydrogen (secondary N) is 2. The smallest absolute Gasteiger partial charge is 0.277 e. The Morgan fingerprint density at radius 3 is 2.38 bits per heavy atom. The molecule has 0 saturated heterocycles. The van der Waals surface area contributed by atoms with E-state index in [1.165, 1.54) is 0 Å². The Kier molecular flexibility index (Phi) is 4.23. The molecule has 2 aromatic carbocycles. The largest absolute Gasteiger partial charge is 0.355 e. The van der Waals surface area contributed by atoms with Gasteiger partial charge in [-0.3, -0.25) is 9.59 Å². The van der Waals surface area contributed by atoms with E-state index < -0.39 is 0 Å². The summed E-state index contributed by atoms with van der Waals surface area (Å²) in [6, 6.07) is 18.1. The summed E-state index contributed by atoms with van der Waals surface area (Å²) in [7, 11) is 0. The summed E-state index contributed by atoms with van der Waals surface area (Å²) in [6.07, 6.45) is 1.89. The quantitative estimate of drug-likeness (QED) is 0.732. The van der Waals surface area contributed by atoms with Gasteiger partial charge in [0.25, 0.3) is 5.91 Å². The molecule has 1 aliphatic rings. The lowest BCUT2D eigenvalue weighted by molar-refractivity contribution is -0.117. The highest BCUT2D eigenvalue weighted by Gasteiger charge is 2.29. The average Bonchev–Trinajstić information content (AvgIpc) is 3.39. The molecule has 0 radical (unpaired) electrons. The van der Waals surface area contributed by atoms with Crippen LogP contribution in [0.3, 0.4) is 0 Å². The molecule has 0 unspecified atom stereocenters. The first-order valence-electron chi connectivity index (χ1n) is 8.43. The number of hydrogen-bond donors (Lipinski definition) is 2. The third kappa shape index (κ3) is 3.64. The summed E-state index contributed by atoms with van der Waals surface area (Å²) in [5, 5.41) is 9.46. The number of carbonyl (C=O) groups excluding carboxylic acids is 2. The van der Waals surface area contributed by atoms with Gasteiger partial charge in [-0.25, -0.2) is 0 Å². The average molecular weight is 347 g/mol. The molecule has 1 saturated carbocycles. The van der Waals surface area contributed by atoms with Crippen LogP contribution in [-0.2, 0) is 4.79 Å². The molecule has 130 valence electrons. The van der Waals surface area contributed by atoms with Crippen LogP contribution >= 0.6 is 0 Å². The SMILES string of the molecule is O=C(Nc1cccc(NC(=O)C2CC2)c1)c1cc(-c2ccccc2)on1. The maximum Gasteiger partial charge on any atom is 0.277 e. The van der Waals surface area contributed by atoms with E-state index in [0.29, 0.717) is 17.1 Å². The number of hydrogen-bond acceptors (Lipinski definition) is 4. The molecule has 0 bridgehead atoms. The summed E-state index contributed by atoms with van der Waals surface area (Å²) in [5.41, 5.74) is 2.28. The monoisotopic (exact) mass is 347 g/mol. The molecule has 4 rings (SSSR count). The minimum atomic E-state index is -0.374. The summed E-state index contributed by atoms with van der Waals surface area (Å²) < 4.78 is 5.25. The predicted octanol–water partition coefficient (Wildman–Crippen LogP) is 3.94. The van der Waals surface area contributed by atoms with E-state index >= 15 is 0 Å². The van der Waals surface area contributed by atoms with Crippen molar-refractivity contribution in [1.82, 2.24) is 5.16 Å². The van der Waals surface area contributed by atoms with E-state index in [1.54, 1.807) is 30.3 Å². The number of nitrogens with zero attached hydrogens (tertiary/aromatic N) is 1. The molecular formula is C20H17N3O3. The van der Waals surface area contributed by atoms with Crippen molar-refractivity contribution in [3.8, 4) is 11.3 Å². The van der Waals surface area contributed by atoms with E-state index in [0.717, 1.165) is 18.4 Å². The first kappa shape index (κ1) is 16.1. The maximum atomic E-state index is 12.4. The van der Waals surface area contributed by atoms with Crippen molar-refractivity contribution in [3.05, 3.63) is 66.4 Å². The van der Waals surface area contributed by atoms with Gasteiger partial charge in [0.15, 0.2) is 11.5 Å². The fourth-order valence-electron chi connectivity index (χ4n) is 2.58. The van der Waals surface area contributed by atoms with Gasteiger partial charge in [0.1, 0.15) is 0 Å². The van der Waals surface area contributed by atoms with Crippen LogP contribution in [0.4, 0.5) is 11.4 Å². The van der Waals surface area contributed by atoms with Gasteiger partial charge in [0.05, 0.1) is 0 Å². The summed E-state index contributed by atoms with van der Waals surface area (Å²) in [4.78, 5) is 24.2. The molecule has 0 spiro atoms. The summed E-state index contributed by atoms with van der Waals surface area (Å²) in [6.45, 7) is 0. The van der Waals surface area contributed by atoms with Crippen LogP contribution in [0.25, 0.3) is 11.3 Å². The van der Waals surface area contributed by atoms with Crippen LogP contribution in [0.1, 0.15) is 23.3 Å². The molecule has 0 atom stereocenters. The molecule has 26 heavy (non-hydrogen) atoms. The third-order valence-electron chi connectivity index (χ3n) is 4.14. The van der Waals surface area contributed by atoms with Gasteiger partial charge in [-0.1, -0.05) is 41.6 Å². The zero-order valence-electron chi connectivity index (χ0n) is 13.9. The van der Waals surface area contributed by atoms with E-state index in [4.69, 9.17) is 4.52 Å². The van der Waals surface area contributed by atoms with Crippen molar-refractivity contribution in [1.29, 1.82) is 0 Å². The Labute approximate surface area is 150 Å². The number of anilines is 2. The van der Waals surface area contributed by atoms with Gasteiger partial charge in [-0.05, 0) is 31.0 Å². The molecule has 6 heteroatoms. The van der Waals surface area contributed by atoms with Crippen molar-refractivity contribution >= 4 is 23.2 Å². The standard InChI is InChI=1S/C20H17N3O3/c24-19(14-9-10-14)21-15-7-4-8-16(11-15)22-20(25)17-12-18(26-23-17)13-5-2-1-3-6-13/h1-8,11-12,14H,9-10H2,(H,21,24)(H,22,25). The molecule has 1 heterocycles. The first-order valence-corrected chi connectivity index (χ1v) is 8.43. The van der Waals surface area contributed by atoms with Crippen molar-refractivity contribution in [3.63, 3.8) is 0 Å². The molecule has 1 aromatic heterocycles. The fourth-order valence-corrected chi connectivity index (χ4v) is 2.58. The van der Waals surface area contributed by atoms with E-state index in [9.17, 15) is 9.59 Å². The van der Waals surface area contributed by atoms with Crippen LogP contribution in [0.2, 0.25) is 0 Å². The maximum absolute atomic E-state index is 12.4. The van der Waals surface area contributed by atoms with Gasteiger partial charge >= 0.3 is 0 Å². The third-order valence-corrected chi connectivity index (χ3v) is 4.14. The molecule has 2 amide bonds. The van der Waals surface area contributed by atoms with Crippen LogP contribution < -0.4 is 10.6 Å². The Hall–Kier alpha value is -3.41. The lowest BCUT2D eigenvalue weighted by Gasteiger charge is -2.07. The lowest BCUT2D eigenvalue weighted by Crippen LogP contribution is -2.15. The van der Waals surface area contributed by atoms with Crippen molar-refractivity contribution in [2.75, 3.05) is 10.6 Å². The van der Waals surface area contributed by atoms with Crippen LogP contribution in [0, 0.1) is 5.92 Å². The topological polar surface area (TPSA) is 84.2 Å². The Morgan fingerprint density at radius 1 is 0.923 bits per heavy atom. The zero-order chi connectivity index (χ0) is 17.9. The highest BCUT2D eigenvalue weighted by Crippen LogP contribution is 2.30. The Morgan fingerprint density at radius 2 is 1.65 bits per heavy atom. The zero-order valence-corrected chi connectivity index (χ0v) is 13.9. The van der Waals surface area contributed by atoms with Crippen LogP contribution in [-0.4, -0.2) is 17.0 Å². The number of amides is 2. The molecule has 3 aromatic rings. The van der Waals surface area contributed by atoms with Crippen molar-refractivity contribution < 1.29 is 14.1 Å². The second-order valence-corrected chi connectivity index (χ2v) is 6.24. The van der Waals surface area contributed by atoms with Gasteiger partial charge in [0.2, 0.25) is 5.91 Å². The minimum Gasteiger partial charge on any atom is -0.355 e. The molecule has 0 aliphatic heterocycles. The summed E-state index contributed by atoms with van der Waals surface area (Å²) in [5.74, 6) is 0.306. The second-order valence-electron chi connectivity index (χ2n) is 6.24. The van der Waals surface area contributed by atoms with Crippen LogP contribution in [0.15, 0.2) is 65.2 Å². The highest BCUT2D eigenvalue weighted by molar-refractivity contribution is 6.04. The van der Waals surface area contributed by atoms with E-state index in [2.05, 4.69) is 15.8 Å². The number of aromatic nitrogens is 1. The molecule has 6 nitrogen and oxygen atoms in total. The van der Waals surface area contributed by atoms with Crippen molar-refractivity contribution in [2.45, 2.75) is 12.8 Å². The minimum absolute atomic E-state index is 0.0254. The highest BCUT2D eigenvalue weighted by atomic mass is 16.5. The molecule has 1 fully saturated rings. The lowest BCUT2D eigenvalue weighted by atomic mass is 10.1. The van der Waals surface area contributed by atoms with Gasteiger partial charge < -0.3 is 15.2 Å². The second kappa shape index (κ2) is 6.84. The van der Waals surface area contributed by atoms with E-state index in [-0.39, 0.29) is 23.4 Å². The number of benzene rings is 2. The molecular weight excluding hydrogens is 330 g/mol. The van der Waals surface area contributed by atoms with Gasteiger partial charge in [-0.15, -0.1) is 0 Å². The van der Waals surface area contributed by atoms with E-state index in [1.807, 2.05) is 30.3 Å². The van der Waals surface area contributed by atoms with Crippen molar-refractivity contribution in [2.24, 2.45) is 5.92 Å². The van der Waals surface area contributed by atoms with Gasteiger partial charge in [0, 0.05) is 28.9 Å². The first-order chi connectivity index (χ1) is 12.7. The fraction of sp³-hybridized carbons (Fsp3) is 0.150. The number of carbonyl (C=O) groups is 2. The summed E-state index contributed by atoms with van der Waals surface area (Å²) >= 11 is 0. The molecule has 2 N–H and O–H groups in total. The Balaban J connectivity index is 1.45. The van der Waals surface area contributed by atoms with Gasteiger partial charge in [-0.2, -0.15) is 0 Å². The van der Waals surface area contributed by atoms with Crippen LogP contribution in [0.5, 0.6) is 0 Å². The normalized spacial score (nSPS) is 13.2. The molecule has 1 aliphatic carbocycles. The number of rotatable bonds is 5.